The average Bonchev–Trinajstić information content (AvgIpc) is 2.44. The summed E-state index contributed by atoms with van der Waals surface area (Å²) in [7, 11) is -3.42. The number of carbonyl (C=O) groups is 1. The van der Waals surface area contributed by atoms with E-state index >= 15 is 0 Å². The van der Waals surface area contributed by atoms with Crippen LogP contribution in [0.1, 0.15) is 25.8 Å². The SMILES string of the molecule is Cc1ccc(S(=O)(=O)CCC(=O)N2CC(C)OC(C)C2)cc1. The first-order valence-electron chi connectivity index (χ1n) is 7.50. The van der Waals surface area contributed by atoms with Gasteiger partial charge in [0.1, 0.15) is 0 Å². The van der Waals surface area contributed by atoms with E-state index in [1.165, 1.54) is 0 Å². The van der Waals surface area contributed by atoms with Crippen molar-refractivity contribution in [1.29, 1.82) is 0 Å². The van der Waals surface area contributed by atoms with E-state index in [9.17, 15) is 13.2 Å². The summed E-state index contributed by atoms with van der Waals surface area (Å²) in [6, 6.07) is 6.71. The second-order valence-electron chi connectivity index (χ2n) is 5.94. The summed E-state index contributed by atoms with van der Waals surface area (Å²) in [6.07, 6.45) is -0.0156. The molecular weight excluding hydrogens is 302 g/mol. The Bertz CT molecular complexity index is 614. The Kier molecular flexibility index (Phi) is 5.24. The second kappa shape index (κ2) is 6.79. The molecule has 1 aromatic carbocycles. The van der Waals surface area contributed by atoms with Gasteiger partial charge in [-0.3, -0.25) is 4.79 Å². The summed E-state index contributed by atoms with van der Waals surface area (Å²) in [4.78, 5) is 14.2. The zero-order valence-electron chi connectivity index (χ0n) is 13.3. The van der Waals surface area contributed by atoms with E-state index in [0.717, 1.165) is 5.56 Å². The van der Waals surface area contributed by atoms with Gasteiger partial charge in [-0.05, 0) is 32.9 Å². The minimum atomic E-state index is -3.42. The largest absolute Gasteiger partial charge is 0.372 e. The maximum absolute atomic E-state index is 12.3. The van der Waals surface area contributed by atoms with Gasteiger partial charge in [0, 0.05) is 19.5 Å². The molecule has 1 fully saturated rings. The fourth-order valence-corrected chi connectivity index (χ4v) is 3.85. The summed E-state index contributed by atoms with van der Waals surface area (Å²) in [6.45, 7) is 6.78. The highest BCUT2D eigenvalue weighted by Gasteiger charge is 2.27. The van der Waals surface area contributed by atoms with Crippen LogP contribution in [0.15, 0.2) is 29.2 Å². The lowest BCUT2D eigenvalue weighted by Gasteiger charge is -2.35. The molecule has 1 saturated heterocycles. The molecule has 5 nitrogen and oxygen atoms in total. The maximum Gasteiger partial charge on any atom is 0.223 e. The van der Waals surface area contributed by atoms with Crippen molar-refractivity contribution in [3.8, 4) is 0 Å². The quantitative estimate of drug-likeness (QED) is 0.847. The van der Waals surface area contributed by atoms with Crippen LogP contribution in [0.4, 0.5) is 0 Å². The van der Waals surface area contributed by atoms with Gasteiger partial charge < -0.3 is 9.64 Å². The Hall–Kier alpha value is -1.40. The molecule has 0 aliphatic carbocycles. The van der Waals surface area contributed by atoms with E-state index in [2.05, 4.69) is 0 Å². The number of hydrogen-bond acceptors (Lipinski definition) is 4. The monoisotopic (exact) mass is 325 g/mol. The summed E-state index contributed by atoms with van der Waals surface area (Å²) in [5.41, 5.74) is 1.01. The zero-order chi connectivity index (χ0) is 16.3. The summed E-state index contributed by atoms with van der Waals surface area (Å²) < 4.78 is 30.1. The van der Waals surface area contributed by atoms with Gasteiger partial charge in [0.2, 0.25) is 5.91 Å². The molecule has 122 valence electrons. The molecule has 0 bridgehead atoms. The van der Waals surface area contributed by atoms with Crippen LogP contribution in [-0.4, -0.2) is 50.3 Å². The van der Waals surface area contributed by atoms with Crippen molar-refractivity contribution in [2.45, 2.75) is 44.3 Å². The molecule has 1 amide bonds. The van der Waals surface area contributed by atoms with Crippen molar-refractivity contribution in [2.24, 2.45) is 0 Å². The van der Waals surface area contributed by atoms with E-state index in [0.29, 0.717) is 13.1 Å². The van der Waals surface area contributed by atoms with Gasteiger partial charge in [0.25, 0.3) is 0 Å². The lowest BCUT2D eigenvalue weighted by molar-refractivity contribution is -0.142. The first-order valence-corrected chi connectivity index (χ1v) is 9.16. The molecule has 0 aromatic heterocycles. The van der Waals surface area contributed by atoms with E-state index in [-0.39, 0.29) is 35.2 Å². The maximum atomic E-state index is 12.3. The van der Waals surface area contributed by atoms with Crippen LogP contribution in [0, 0.1) is 6.92 Å². The third kappa shape index (κ3) is 4.30. The zero-order valence-corrected chi connectivity index (χ0v) is 14.1. The van der Waals surface area contributed by atoms with Gasteiger partial charge in [0.15, 0.2) is 9.84 Å². The van der Waals surface area contributed by atoms with Crippen LogP contribution >= 0.6 is 0 Å². The fourth-order valence-electron chi connectivity index (χ4n) is 2.62. The number of hydrogen-bond donors (Lipinski definition) is 0. The minimum Gasteiger partial charge on any atom is -0.372 e. The molecule has 1 aliphatic rings. The third-order valence-corrected chi connectivity index (χ3v) is 5.47. The molecule has 22 heavy (non-hydrogen) atoms. The first kappa shape index (κ1) is 17.0. The number of morpholine rings is 1. The van der Waals surface area contributed by atoms with Crippen molar-refractivity contribution >= 4 is 15.7 Å². The predicted molar refractivity (Wildman–Crippen MR) is 84.4 cm³/mol. The first-order chi connectivity index (χ1) is 10.3. The van der Waals surface area contributed by atoms with Crippen LogP contribution < -0.4 is 0 Å². The Morgan fingerprint density at radius 3 is 2.27 bits per heavy atom. The number of aryl methyl sites for hydroxylation is 1. The molecule has 2 unspecified atom stereocenters. The Morgan fingerprint density at radius 2 is 1.73 bits per heavy atom. The van der Waals surface area contributed by atoms with Gasteiger partial charge in [-0.15, -0.1) is 0 Å². The molecule has 0 radical (unpaired) electrons. The van der Waals surface area contributed by atoms with Gasteiger partial charge in [-0.1, -0.05) is 17.7 Å². The highest BCUT2D eigenvalue weighted by Crippen LogP contribution is 2.15. The van der Waals surface area contributed by atoms with Crippen LogP contribution in [0.25, 0.3) is 0 Å². The van der Waals surface area contributed by atoms with E-state index < -0.39 is 9.84 Å². The molecule has 2 rings (SSSR count). The van der Waals surface area contributed by atoms with Crippen molar-refractivity contribution in [3.05, 3.63) is 29.8 Å². The van der Waals surface area contributed by atoms with E-state index in [1.54, 1.807) is 29.2 Å². The molecule has 1 aromatic rings. The second-order valence-corrected chi connectivity index (χ2v) is 8.05. The smallest absolute Gasteiger partial charge is 0.223 e. The molecule has 0 spiro atoms. The Balaban J connectivity index is 1.96. The lowest BCUT2D eigenvalue weighted by atomic mass is 10.2. The van der Waals surface area contributed by atoms with Gasteiger partial charge in [-0.2, -0.15) is 0 Å². The van der Waals surface area contributed by atoms with Crippen LogP contribution in [0.2, 0.25) is 0 Å². The lowest BCUT2D eigenvalue weighted by Crippen LogP contribution is -2.48. The highest BCUT2D eigenvalue weighted by atomic mass is 32.2. The number of carbonyl (C=O) groups excluding carboxylic acids is 1. The van der Waals surface area contributed by atoms with Crippen molar-refractivity contribution in [2.75, 3.05) is 18.8 Å². The molecule has 2 atom stereocenters. The van der Waals surface area contributed by atoms with Crippen LogP contribution in [0.3, 0.4) is 0 Å². The average molecular weight is 325 g/mol. The number of ether oxygens (including phenoxy) is 1. The molecule has 1 aliphatic heterocycles. The van der Waals surface area contributed by atoms with Crippen molar-refractivity contribution in [3.63, 3.8) is 0 Å². The predicted octanol–water partition coefficient (Wildman–Crippen LogP) is 1.79. The van der Waals surface area contributed by atoms with Crippen LogP contribution in [0.5, 0.6) is 0 Å². The Morgan fingerprint density at radius 1 is 1.18 bits per heavy atom. The van der Waals surface area contributed by atoms with E-state index in [1.807, 2.05) is 20.8 Å². The van der Waals surface area contributed by atoms with E-state index in [4.69, 9.17) is 4.74 Å². The highest BCUT2D eigenvalue weighted by molar-refractivity contribution is 7.91. The molecular formula is C16H23NO4S. The van der Waals surface area contributed by atoms with Crippen molar-refractivity contribution in [1.82, 2.24) is 4.90 Å². The normalized spacial score (nSPS) is 22.6. The molecule has 0 N–H and O–H groups in total. The molecule has 0 saturated carbocycles. The number of amides is 1. The van der Waals surface area contributed by atoms with Crippen LogP contribution in [-0.2, 0) is 19.4 Å². The van der Waals surface area contributed by atoms with Gasteiger partial charge >= 0.3 is 0 Å². The number of nitrogens with zero attached hydrogens (tertiary/aromatic N) is 1. The minimum absolute atomic E-state index is 0.00957. The van der Waals surface area contributed by atoms with Crippen molar-refractivity contribution < 1.29 is 17.9 Å². The number of rotatable bonds is 4. The number of benzene rings is 1. The summed E-state index contributed by atoms with van der Waals surface area (Å²) >= 11 is 0. The fraction of sp³-hybridized carbons (Fsp3) is 0.562. The summed E-state index contributed by atoms with van der Waals surface area (Å²) in [5.74, 6) is -0.285. The topological polar surface area (TPSA) is 63.7 Å². The summed E-state index contributed by atoms with van der Waals surface area (Å²) in [5, 5.41) is 0. The molecule has 1 heterocycles. The number of sulfone groups is 1. The van der Waals surface area contributed by atoms with Gasteiger partial charge in [-0.25, -0.2) is 8.42 Å². The third-order valence-electron chi connectivity index (χ3n) is 3.74. The molecule has 6 heteroatoms. The Labute approximate surface area is 132 Å². The van der Waals surface area contributed by atoms with Gasteiger partial charge in [0.05, 0.1) is 22.9 Å². The standard InChI is InChI=1S/C16H23NO4S/c1-12-4-6-15(7-5-12)22(19,20)9-8-16(18)17-10-13(2)21-14(3)11-17/h4-7,13-14H,8-11H2,1-3H3.